The van der Waals surface area contributed by atoms with Crippen molar-refractivity contribution in [3.63, 3.8) is 0 Å². The summed E-state index contributed by atoms with van der Waals surface area (Å²) >= 11 is 3.37. The number of nitrogens with zero attached hydrogens (tertiary/aromatic N) is 7. The van der Waals surface area contributed by atoms with E-state index in [-0.39, 0.29) is 11.6 Å². The molecule has 1 aromatic carbocycles. The summed E-state index contributed by atoms with van der Waals surface area (Å²) in [5.41, 5.74) is 3.78. The lowest BCUT2D eigenvalue weighted by molar-refractivity contribution is -0.204. The second kappa shape index (κ2) is 11.6. The van der Waals surface area contributed by atoms with Crippen molar-refractivity contribution in [1.29, 1.82) is 0 Å². The van der Waals surface area contributed by atoms with Gasteiger partial charge in [0.25, 0.3) is 0 Å². The number of methoxy groups -OCH3 is 2. The first kappa shape index (κ1) is 28.1. The molecule has 5 heterocycles. The van der Waals surface area contributed by atoms with E-state index in [0.717, 1.165) is 15.9 Å². The molecule has 0 amide bonds. The summed E-state index contributed by atoms with van der Waals surface area (Å²) < 4.78 is 29.3. The second-order valence-electron chi connectivity index (χ2n) is 9.04. The predicted molar refractivity (Wildman–Crippen MR) is 154 cm³/mol. The number of carbonyl (C=O) groups is 1. The Morgan fingerprint density at radius 3 is 2.37 bits per heavy atom. The zero-order valence-electron chi connectivity index (χ0n) is 22.6. The average Bonchev–Trinajstić information content (AvgIpc) is 3.60. The number of hydrogen-bond donors (Lipinski definition) is 0. The maximum atomic E-state index is 14.3. The zero-order chi connectivity index (χ0) is 29.1. The molecule has 0 atom stereocenters. The van der Waals surface area contributed by atoms with Gasteiger partial charge in [0.15, 0.2) is 5.78 Å². The van der Waals surface area contributed by atoms with E-state index in [2.05, 4.69) is 40.8 Å². The normalized spacial score (nSPS) is 11.5. The number of ketones is 1. The van der Waals surface area contributed by atoms with Gasteiger partial charge >= 0.3 is 0 Å². The van der Waals surface area contributed by atoms with Gasteiger partial charge in [-0.1, -0.05) is 6.07 Å². The highest BCUT2D eigenvalue weighted by atomic mass is 79.9. The summed E-state index contributed by atoms with van der Waals surface area (Å²) in [5.74, 6) is -0.255. The Morgan fingerprint density at radius 2 is 1.66 bits per heavy atom. The fourth-order valence-corrected chi connectivity index (χ4v) is 4.47. The fourth-order valence-electron chi connectivity index (χ4n) is 4.10. The lowest BCUT2D eigenvalue weighted by Crippen LogP contribution is -2.28. The number of benzene rings is 1. The maximum absolute atomic E-state index is 14.3. The molecular weight excluding hydrogens is 593 g/mol. The second-order valence-corrected chi connectivity index (χ2v) is 9.85. The van der Waals surface area contributed by atoms with E-state index in [0.29, 0.717) is 34.1 Å². The molecule has 0 fully saturated rings. The minimum atomic E-state index is -0.847. The fraction of sp³-hybridized carbons (Fsp3) is 0.172. The molecule has 0 spiro atoms. The molecule has 0 saturated carbocycles. The summed E-state index contributed by atoms with van der Waals surface area (Å²) in [5, 5.41) is 0. The number of aromatic nitrogens is 7. The number of pyridine rings is 1. The van der Waals surface area contributed by atoms with Crippen LogP contribution in [0.2, 0.25) is 0 Å². The van der Waals surface area contributed by atoms with Gasteiger partial charge in [0, 0.05) is 62.6 Å². The summed E-state index contributed by atoms with van der Waals surface area (Å²) in [4.78, 5) is 32.5. The first-order chi connectivity index (χ1) is 19.7. The van der Waals surface area contributed by atoms with Crippen LogP contribution in [0.4, 0.5) is 4.39 Å². The number of halogens is 2. The Hall–Kier alpha value is -4.39. The van der Waals surface area contributed by atoms with E-state index >= 15 is 0 Å². The van der Waals surface area contributed by atoms with E-state index < -0.39 is 5.79 Å². The molecule has 0 saturated heterocycles. The Bertz CT molecular complexity index is 1850. The highest BCUT2D eigenvalue weighted by molar-refractivity contribution is 9.10. The van der Waals surface area contributed by atoms with E-state index in [9.17, 15) is 9.18 Å². The third-order valence-electron chi connectivity index (χ3n) is 6.55. The minimum absolute atomic E-state index is 0.118. The lowest BCUT2D eigenvalue weighted by atomic mass is 10.0. The minimum Gasteiger partial charge on any atom is -0.348 e. The van der Waals surface area contributed by atoms with Crippen LogP contribution in [0.5, 0.6) is 0 Å². The van der Waals surface area contributed by atoms with Gasteiger partial charge in [-0.05, 0) is 59.3 Å². The van der Waals surface area contributed by atoms with E-state index in [4.69, 9.17) is 9.47 Å². The molecule has 12 heteroatoms. The highest BCUT2D eigenvalue weighted by Gasteiger charge is 2.28. The zero-order valence-corrected chi connectivity index (χ0v) is 24.2. The highest BCUT2D eigenvalue weighted by Crippen LogP contribution is 2.29. The van der Waals surface area contributed by atoms with Crippen molar-refractivity contribution in [3.8, 4) is 22.4 Å². The molecule has 5 aromatic heterocycles. The number of carbonyl (C=O) groups excluding carboxylic acids is 1. The van der Waals surface area contributed by atoms with Crippen LogP contribution < -0.4 is 0 Å². The number of ether oxygens (including phenoxy) is 2. The van der Waals surface area contributed by atoms with Crippen molar-refractivity contribution in [2.75, 3.05) is 14.2 Å². The first-order valence-corrected chi connectivity index (χ1v) is 13.2. The van der Waals surface area contributed by atoms with Gasteiger partial charge in [-0.2, -0.15) is 0 Å². The summed E-state index contributed by atoms with van der Waals surface area (Å²) in [7, 11) is 3.16. The molecule has 41 heavy (non-hydrogen) atoms. The molecule has 208 valence electrons. The van der Waals surface area contributed by atoms with Crippen molar-refractivity contribution in [2.24, 2.45) is 0 Å². The topological polar surface area (TPSA) is 109 Å². The monoisotopic (exact) mass is 617 g/mol. The number of imidazole rings is 2. The van der Waals surface area contributed by atoms with Gasteiger partial charge in [-0.25, -0.2) is 24.3 Å². The molecule has 0 unspecified atom stereocenters. The lowest BCUT2D eigenvalue weighted by Gasteiger charge is -2.25. The summed E-state index contributed by atoms with van der Waals surface area (Å²) in [6.07, 6.45) is 10.2. The van der Waals surface area contributed by atoms with Gasteiger partial charge < -0.3 is 9.47 Å². The quantitative estimate of drug-likeness (QED) is 0.171. The molecule has 6 rings (SSSR count). The largest absolute Gasteiger partial charge is 0.348 e. The van der Waals surface area contributed by atoms with Gasteiger partial charge in [-0.3, -0.25) is 18.6 Å². The molecule has 0 N–H and O–H groups in total. The van der Waals surface area contributed by atoms with Crippen LogP contribution >= 0.6 is 15.9 Å². The smallest absolute Gasteiger partial charge is 0.235 e. The van der Waals surface area contributed by atoms with Crippen LogP contribution in [0.1, 0.15) is 30.0 Å². The van der Waals surface area contributed by atoms with Crippen LogP contribution in [-0.2, 0) is 15.3 Å². The van der Waals surface area contributed by atoms with Gasteiger partial charge in [-0.15, -0.1) is 0 Å². The Labute approximate surface area is 243 Å². The van der Waals surface area contributed by atoms with Crippen LogP contribution in [0, 0.1) is 5.82 Å². The van der Waals surface area contributed by atoms with Crippen molar-refractivity contribution in [3.05, 3.63) is 101 Å². The Kier molecular flexibility index (Phi) is 7.97. The molecule has 0 radical (unpaired) electrons. The van der Waals surface area contributed by atoms with Crippen molar-refractivity contribution < 1.29 is 18.7 Å². The van der Waals surface area contributed by atoms with Crippen LogP contribution in [0.15, 0.2) is 84.2 Å². The predicted octanol–water partition coefficient (Wildman–Crippen LogP) is 5.76. The molecule has 6 aromatic rings. The number of rotatable bonds is 6. The van der Waals surface area contributed by atoms with E-state index in [1.54, 1.807) is 73.9 Å². The first-order valence-electron chi connectivity index (χ1n) is 12.4. The van der Waals surface area contributed by atoms with Crippen molar-refractivity contribution in [1.82, 2.24) is 33.7 Å². The van der Waals surface area contributed by atoms with Gasteiger partial charge in [0.2, 0.25) is 17.3 Å². The van der Waals surface area contributed by atoms with E-state index in [1.165, 1.54) is 13.0 Å². The van der Waals surface area contributed by atoms with Crippen molar-refractivity contribution >= 4 is 33.3 Å². The summed E-state index contributed by atoms with van der Waals surface area (Å²) in [6.45, 7) is 3.27. The molecule has 0 aliphatic carbocycles. The number of Topliss-reactive ketones (excluding diaryl/α,β-unsaturated/α-hetero) is 1. The number of fused-ring (bicyclic) bond motifs is 2. The van der Waals surface area contributed by atoms with Gasteiger partial charge in [0.1, 0.15) is 21.8 Å². The average molecular weight is 618 g/mol. The van der Waals surface area contributed by atoms with Gasteiger partial charge in [0.05, 0.1) is 18.1 Å². The maximum Gasteiger partial charge on any atom is 0.235 e. The molecule has 0 aliphatic rings. The molecule has 0 aliphatic heterocycles. The molecule has 0 bridgehead atoms. The number of hydrogen-bond acceptors (Lipinski definition) is 8. The van der Waals surface area contributed by atoms with E-state index in [1.807, 2.05) is 29.7 Å². The third kappa shape index (κ3) is 5.62. The standard InChI is InChI=1S/C19H13FN4O.C10H12BrN3O2/c1-12(25)17-6-8-24-18(11-22-19(24)23-17)13-4-5-16(20)15(9-13)14-3-2-7-21-10-14;1-10(15-2,16-3)7-4-5-14-8(11)6-12-9(14)13-7/h2-11H,1H3;4-6H,1-3H3. The van der Waals surface area contributed by atoms with Crippen LogP contribution in [-0.4, -0.2) is 53.7 Å². The molecule has 10 nitrogen and oxygen atoms in total. The van der Waals surface area contributed by atoms with Crippen LogP contribution in [0.25, 0.3) is 33.9 Å². The Morgan fingerprint density at radius 1 is 0.927 bits per heavy atom. The van der Waals surface area contributed by atoms with Crippen LogP contribution in [0.3, 0.4) is 0 Å². The summed E-state index contributed by atoms with van der Waals surface area (Å²) in [6, 6.07) is 11.9. The third-order valence-corrected chi connectivity index (χ3v) is 7.14. The van der Waals surface area contributed by atoms with Crippen molar-refractivity contribution in [2.45, 2.75) is 19.6 Å². The molecular formula is C29H25BrFN7O3. The Balaban J connectivity index is 0.000000182. The SMILES string of the molecule is CC(=O)c1ccn2c(-c3ccc(F)c(-c4cccnc4)c3)cnc2n1.COC(C)(OC)c1ccn2c(Br)cnc2n1.